The third kappa shape index (κ3) is 6.11. The maximum Gasteiger partial charge on any atom is 0.222 e. The molecule has 0 aromatic rings. The molecule has 3 N–H and O–H groups in total. The molecule has 2 rings (SSSR count). The molecule has 0 spiro atoms. The van der Waals surface area contributed by atoms with Gasteiger partial charge in [0.2, 0.25) is 11.8 Å². The smallest absolute Gasteiger partial charge is 0.222 e. The number of hydrogen-bond acceptors (Lipinski definition) is 4. The fourth-order valence-electron chi connectivity index (χ4n) is 3.64. The van der Waals surface area contributed by atoms with Gasteiger partial charge in [0.1, 0.15) is 6.10 Å². The van der Waals surface area contributed by atoms with E-state index in [2.05, 4.69) is 10.6 Å². The summed E-state index contributed by atoms with van der Waals surface area (Å²) < 4.78 is 5.79. The Balaban J connectivity index is 1.70. The molecule has 6 heteroatoms. The van der Waals surface area contributed by atoms with Gasteiger partial charge in [0.25, 0.3) is 0 Å². The Kier molecular flexibility index (Phi) is 7.30. The van der Waals surface area contributed by atoms with Crippen LogP contribution >= 0.6 is 0 Å². The Morgan fingerprint density at radius 1 is 1.13 bits per heavy atom. The first-order valence-electron chi connectivity index (χ1n) is 8.88. The van der Waals surface area contributed by atoms with Crippen molar-refractivity contribution in [1.82, 2.24) is 10.6 Å². The number of ether oxygens (including phenoxy) is 1. The maximum absolute atomic E-state index is 12.1. The predicted molar refractivity (Wildman–Crippen MR) is 86.8 cm³/mol. The minimum absolute atomic E-state index is 0.0234. The summed E-state index contributed by atoms with van der Waals surface area (Å²) in [4.78, 5) is 23.2. The van der Waals surface area contributed by atoms with Crippen LogP contribution in [0.2, 0.25) is 0 Å². The van der Waals surface area contributed by atoms with Gasteiger partial charge in [-0.05, 0) is 31.6 Å². The highest BCUT2D eigenvalue weighted by molar-refractivity contribution is 5.76. The van der Waals surface area contributed by atoms with Crippen molar-refractivity contribution in [2.24, 2.45) is 5.92 Å². The highest BCUT2D eigenvalue weighted by atomic mass is 16.5. The van der Waals surface area contributed by atoms with Gasteiger partial charge < -0.3 is 20.5 Å². The van der Waals surface area contributed by atoms with E-state index in [0.717, 1.165) is 19.4 Å². The van der Waals surface area contributed by atoms with Crippen LogP contribution in [0, 0.1) is 5.92 Å². The normalized spacial score (nSPS) is 29.0. The van der Waals surface area contributed by atoms with E-state index in [1.807, 2.05) is 0 Å². The van der Waals surface area contributed by atoms with Crippen LogP contribution in [0.4, 0.5) is 0 Å². The Labute approximate surface area is 138 Å². The summed E-state index contributed by atoms with van der Waals surface area (Å²) in [7, 11) is 0. The molecule has 0 aromatic carbocycles. The Bertz CT molecular complexity index is 396. The van der Waals surface area contributed by atoms with E-state index < -0.39 is 6.10 Å². The first kappa shape index (κ1) is 18.2. The summed E-state index contributed by atoms with van der Waals surface area (Å²) in [6, 6.07) is -0.168. The first-order valence-corrected chi connectivity index (χ1v) is 8.88. The molecule has 1 heterocycles. The van der Waals surface area contributed by atoms with E-state index in [4.69, 9.17) is 4.74 Å². The third-order valence-electron chi connectivity index (χ3n) is 4.91. The van der Waals surface area contributed by atoms with Crippen molar-refractivity contribution in [3.63, 3.8) is 0 Å². The van der Waals surface area contributed by atoms with Crippen molar-refractivity contribution >= 4 is 11.8 Å². The van der Waals surface area contributed by atoms with Gasteiger partial charge in [-0.1, -0.05) is 19.3 Å². The average molecular weight is 326 g/mol. The van der Waals surface area contributed by atoms with Crippen molar-refractivity contribution in [2.75, 3.05) is 13.2 Å². The minimum Gasteiger partial charge on any atom is -0.394 e. The third-order valence-corrected chi connectivity index (χ3v) is 4.91. The van der Waals surface area contributed by atoms with Gasteiger partial charge in [0, 0.05) is 13.5 Å². The summed E-state index contributed by atoms with van der Waals surface area (Å²) in [6.45, 7) is 2.08. The Morgan fingerprint density at radius 3 is 2.52 bits per heavy atom. The van der Waals surface area contributed by atoms with Gasteiger partial charge in [-0.2, -0.15) is 0 Å². The molecule has 1 saturated heterocycles. The van der Waals surface area contributed by atoms with E-state index >= 15 is 0 Å². The number of rotatable bonds is 6. The molecule has 1 aliphatic heterocycles. The van der Waals surface area contributed by atoms with Crippen molar-refractivity contribution in [3.8, 4) is 0 Å². The number of aliphatic hydroxyl groups is 1. The van der Waals surface area contributed by atoms with E-state index in [-0.39, 0.29) is 30.6 Å². The number of hydrogen-bond donors (Lipinski definition) is 3. The van der Waals surface area contributed by atoms with Crippen LogP contribution in [0.1, 0.15) is 58.3 Å². The molecule has 3 atom stereocenters. The first-order chi connectivity index (χ1) is 11.1. The van der Waals surface area contributed by atoms with Crippen molar-refractivity contribution in [3.05, 3.63) is 0 Å². The second-order valence-corrected chi connectivity index (χ2v) is 6.88. The average Bonchev–Trinajstić information content (AvgIpc) is 2.55. The van der Waals surface area contributed by atoms with Crippen molar-refractivity contribution in [2.45, 2.75) is 76.5 Å². The quantitative estimate of drug-likeness (QED) is 0.682. The van der Waals surface area contributed by atoms with E-state index in [9.17, 15) is 14.7 Å². The number of nitrogens with one attached hydrogen (secondary N) is 2. The van der Waals surface area contributed by atoms with Gasteiger partial charge in [-0.15, -0.1) is 0 Å². The molecule has 0 bridgehead atoms. The number of carbonyl (C=O) groups excluding carboxylic acids is 2. The van der Waals surface area contributed by atoms with E-state index in [1.54, 1.807) is 0 Å². The molecule has 2 fully saturated rings. The van der Waals surface area contributed by atoms with E-state index in [1.165, 1.54) is 39.0 Å². The lowest BCUT2D eigenvalue weighted by Gasteiger charge is -2.35. The Hall–Kier alpha value is -1.14. The van der Waals surface area contributed by atoms with Crippen molar-refractivity contribution in [1.29, 1.82) is 0 Å². The van der Waals surface area contributed by atoms with Gasteiger partial charge in [0.05, 0.1) is 25.2 Å². The highest BCUT2D eigenvalue weighted by Crippen LogP contribution is 2.24. The zero-order valence-corrected chi connectivity index (χ0v) is 14.1. The molecular weight excluding hydrogens is 296 g/mol. The molecule has 1 saturated carbocycles. The van der Waals surface area contributed by atoms with Crippen LogP contribution < -0.4 is 10.6 Å². The zero-order valence-electron chi connectivity index (χ0n) is 14.1. The molecule has 6 nitrogen and oxygen atoms in total. The summed E-state index contributed by atoms with van der Waals surface area (Å²) in [6.07, 6.45) is 7.46. The van der Waals surface area contributed by atoms with E-state index in [0.29, 0.717) is 12.3 Å². The van der Waals surface area contributed by atoms with Crippen LogP contribution in [0.15, 0.2) is 0 Å². The minimum atomic E-state index is -0.427. The number of amides is 2. The highest BCUT2D eigenvalue weighted by Gasteiger charge is 2.32. The lowest BCUT2D eigenvalue weighted by molar-refractivity contribution is -0.135. The predicted octanol–water partition coefficient (Wildman–Crippen LogP) is 1.12. The Morgan fingerprint density at radius 2 is 1.87 bits per heavy atom. The second-order valence-electron chi connectivity index (χ2n) is 6.88. The number of aliphatic hydroxyl groups excluding tert-OH is 1. The lowest BCUT2D eigenvalue weighted by Crippen LogP contribution is -2.51. The largest absolute Gasteiger partial charge is 0.394 e. The lowest BCUT2D eigenvalue weighted by atomic mass is 9.89. The second kappa shape index (κ2) is 9.23. The standard InChI is InChI=1S/C17H30N2O4/c1-12(21)19-15-8-7-14(23-16(15)11-20)9-17(22)18-10-13-5-3-2-4-6-13/h13-16,20H,2-11H2,1H3,(H,18,22)(H,19,21)/t14-,15+,16+/m1/s1. The molecule has 2 amide bonds. The van der Waals surface area contributed by atoms with Crippen molar-refractivity contribution < 1.29 is 19.4 Å². The SMILES string of the molecule is CC(=O)N[C@H]1CC[C@H](CC(=O)NCC2CCCCC2)O[C@H]1CO. The maximum atomic E-state index is 12.1. The van der Waals surface area contributed by atoms with Gasteiger partial charge >= 0.3 is 0 Å². The van der Waals surface area contributed by atoms with Crippen LogP contribution in [0.25, 0.3) is 0 Å². The fraction of sp³-hybridized carbons (Fsp3) is 0.882. The van der Waals surface area contributed by atoms with Crippen LogP contribution in [0.3, 0.4) is 0 Å². The summed E-state index contributed by atoms with van der Waals surface area (Å²) in [5.41, 5.74) is 0. The topological polar surface area (TPSA) is 87.7 Å². The molecule has 132 valence electrons. The van der Waals surface area contributed by atoms with Crippen LogP contribution in [-0.2, 0) is 14.3 Å². The van der Waals surface area contributed by atoms with Gasteiger partial charge in [0.15, 0.2) is 0 Å². The summed E-state index contributed by atoms with van der Waals surface area (Å²) >= 11 is 0. The van der Waals surface area contributed by atoms with Crippen LogP contribution in [-0.4, -0.2) is 48.3 Å². The summed E-state index contributed by atoms with van der Waals surface area (Å²) in [5, 5.41) is 15.2. The molecule has 0 unspecified atom stereocenters. The molecule has 0 aromatic heterocycles. The molecular formula is C17H30N2O4. The molecule has 0 radical (unpaired) electrons. The molecule has 23 heavy (non-hydrogen) atoms. The monoisotopic (exact) mass is 326 g/mol. The van der Waals surface area contributed by atoms with Gasteiger partial charge in [-0.3, -0.25) is 9.59 Å². The molecule has 2 aliphatic rings. The number of carbonyl (C=O) groups is 2. The van der Waals surface area contributed by atoms with Gasteiger partial charge in [-0.25, -0.2) is 0 Å². The zero-order chi connectivity index (χ0) is 16.7. The fourth-order valence-corrected chi connectivity index (χ4v) is 3.64. The van der Waals surface area contributed by atoms with Crippen LogP contribution in [0.5, 0.6) is 0 Å². The summed E-state index contributed by atoms with van der Waals surface area (Å²) in [5.74, 6) is 0.519. The molecule has 1 aliphatic carbocycles.